The minimum Gasteiger partial charge on any atom is -0.481 e. The van der Waals surface area contributed by atoms with Crippen molar-refractivity contribution >= 4 is 60.8 Å². The van der Waals surface area contributed by atoms with Crippen LogP contribution < -0.4 is 27.0 Å². The van der Waals surface area contributed by atoms with Crippen LogP contribution in [-0.2, 0) is 28.8 Å². The van der Waals surface area contributed by atoms with Crippen LogP contribution in [0.25, 0.3) is 0 Å². The predicted octanol–water partition coefficient (Wildman–Crippen LogP) is -2.51. The van der Waals surface area contributed by atoms with Crippen molar-refractivity contribution in [3.8, 4) is 0 Å². The third kappa shape index (κ3) is 12.0. The molecule has 16 heteroatoms. The molecule has 0 aliphatic carbocycles. The highest BCUT2D eigenvalue weighted by atomic mass is 32.1. The van der Waals surface area contributed by atoms with E-state index in [9.17, 15) is 39.0 Å². The van der Waals surface area contributed by atoms with Gasteiger partial charge in [0.2, 0.25) is 23.6 Å². The summed E-state index contributed by atoms with van der Waals surface area (Å²) in [5.41, 5.74) is 5.87. The van der Waals surface area contributed by atoms with Gasteiger partial charge < -0.3 is 42.3 Å². The Hall–Kier alpha value is -2.56. The lowest BCUT2D eigenvalue weighted by Gasteiger charge is -2.27. The van der Waals surface area contributed by atoms with Crippen molar-refractivity contribution in [1.82, 2.24) is 21.3 Å². The van der Waals surface area contributed by atoms with Crippen LogP contribution in [0, 0.1) is 5.92 Å². The van der Waals surface area contributed by atoms with Crippen LogP contribution >= 0.6 is 25.3 Å². The number of carbonyl (C=O) groups excluding carboxylic acids is 4. The quantitative estimate of drug-likeness (QED) is 0.0828. The third-order valence-electron chi connectivity index (χ3n) is 5.51. The molecule has 0 saturated carbocycles. The zero-order valence-electron chi connectivity index (χ0n) is 20.8. The first-order valence-corrected chi connectivity index (χ1v) is 12.8. The van der Waals surface area contributed by atoms with Crippen molar-refractivity contribution in [2.75, 3.05) is 11.5 Å². The summed E-state index contributed by atoms with van der Waals surface area (Å²) in [6, 6.07) is -6.54. The van der Waals surface area contributed by atoms with E-state index in [0.717, 1.165) is 0 Å². The maximum Gasteiger partial charge on any atom is 0.326 e. The molecule has 0 aliphatic heterocycles. The summed E-state index contributed by atoms with van der Waals surface area (Å²) >= 11 is 8.02. The molecule has 0 spiro atoms. The molecule has 0 bridgehead atoms. The third-order valence-corrected chi connectivity index (χ3v) is 6.25. The molecule has 4 amide bonds. The minimum atomic E-state index is -1.56. The van der Waals surface area contributed by atoms with E-state index < -0.39 is 84.7 Å². The highest BCUT2D eigenvalue weighted by molar-refractivity contribution is 7.80. The van der Waals surface area contributed by atoms with E-state index in [4.69, 9.17) is 10.8 Å². The Labute approximate surface area is 225 Å². The van der Waals surface area contributed by atoms with Gasteiger partial charge in [0.1, 0.15) is 24.2 Å². The second kappa shape index (κ2) is 17.0. The van der Waals surface area contributed by atoms with Gasteiger partial charge in [0.15, 0.2) is 0 Å². The number of nitrogens with two attached hydrogens (primary N) is 1. The molecule has 7 unspecified atom stereocenters. The molecule has 0 saturated heterocycles. The second-order valence-corrected chi connectivity index (χ2v) is 9.19. The van der Waals surface area contributed by atoms with Crippen molar-refractivity contribution < 1.29 is 44.1 Å². The first kappa shape index (κ1) is 34.4. The van der Waals surface area contributed by atoms with E-state index in [1.807, 2.05) is 6.92 Å². The molecule has 37 heavy (non-hydrogen) atoms. The van der Waals surface area contributed by atoms with Crippen molar-refractivity contribution in [2.45, 2.75) is 76.3 Å². The molecule has 0 aromatic heterocycles. The molecule has 0 aromatic rings. The van der Waals surface area contributed by atoms with Crippen LogP contribution in [0.1, 0.15) is 40.0 Å². The van der Waals surface area contributed by atoms with E-state index in [-0.39, 0.29) is 17.4 Å². The van der Waals surface area contributed by atoms with Gasteiger partial charge in [-0.1, -0.05) is 20.3 Å². The molecular formula is C21H37N5O9S2. The Kier molecular flexibility index (Phi) is 15.9. The van der Waals surface area contributed by atoms with Crippen LogP contribution in [0.4, 0.5) is 0 Å². The van der Waals surface area contributed by atoms with Gasteiger partial charge in [0, 0.05) is 17.9 Å². The Morgan fingerprint density at radius 1 is 0.784 bits per heavy atom. The van der Waals surface area contributed by atoms with Gasteiger partial charge >= 0.3 is 11.9 Å². The molecule has 0 aliphatic rings. The van der Waals surface area contributed by atoms with Crippen molar-refractivity contribution in [2.24, 2.45) is 11.7 Å². The molecule has 212 valence electrons. The topological polar surface area (TPSA) is 237 Å². The van der Waals surface area contributed by atoms with E-state index in [1.54, 1.807) is 6.92 Å². The number of aliphatic hydroxyl groups excluding tert-OH is 1. The Bertz CT molecular complexity index is 830. The first-order chi connectivity index (χ1) is 17.2. The molecule has 0 heterocycles. The van der Waals surface area contributed by atoms with E-state index in [0.29, 0.717) is 6.42 Å². The van der Waals surface area contributed by atoms with Gasteiger partial charge in [-0.15, -0.1) is 0 Å². The largest absolute Gasteiger partial charge is 0.481 e. The van der Waals surface area contributed by atoms with E-state index in [1.165, 1.54) is 6.92 Å². The fourth-order valence-corrected chi connectivity index (χ4v) is 3.40. The first-order valence-electron chi connectivity index (χ1n) is 11.5. The van der Waals surface area contributed by atoms with Crippen LogP contribution in [-0.4, -0.2) is 98.7 Å². The zero-order valence-corrected chi connectivity index (χ0v) is 22.6. The number of carboxylic acid groups (broad SMARTS) is 2. The summed E-state index contributed by atoms with van der Waals surface area (Å²) in [5.74, 6) is -6.70. The summed E-state index contributed by atoms with van der Waals surface area (Å²) in [6.07, 6.45) is -1.72. The number of hydrogen-bond acceptors (Lipinski definition) is 10. The molecular weight excluding hydrogens is 530 g/mol. The average Bonchev–Trinajstić information content (AvgIpc) is 2.84. The highest BCUT2D eigenvalue weighted by Crippen LogP contribution is 2.06. The fourth-order valence-electron chi connectivity index (χ4n) is 2.89. The maximum atomic E-state index is 12.8. The number of aliphatic hydroxyl groups is 1. The van der Waals surface area contributed by atoms with Crippen LogP contribution in [0.5, 0.6) is 0 Å². The van der Waals surface area contributed by atoms with E-state index >= 15 is 0 Å². The Morgan fingerprint density at radius 2 is 1.24 bits per heavy atom. The molecule has 0 radical (unpaired) electrons. The number of rotatable bonds is 17. The normalized spacial score (nSPS) is 16.6. The molecule has 14 nitrogen and oxygen atoms in total. The standard InChI is InChI=1S/C21H37N5O9S2/c1-4-9(2)15(22)19(32)24-13(8-37)18(31)26-16(10(3)27)20(33)25-12(7-36)17(30)23-11(21(34)35)5-6-14(28)29/h9-13,15-16,27,36-37H,4-8,22H2,1-3H3,(H,23,30)(H,24,32)(H,25,33)(H,26,31)(H,28,29)(H,34,35). The predicted molar refractivity (Wildman–Crippen MR) is 139 cm³/mol. The summed E-state index contributed by atoms with van der Waals surface area (Å²) in [5, 5.41) is 37.1. The smallest absolute Gasteiger partial charge is 0.326 e. The maximum absolute atomic E-state index is 12.8. The Balaban J connectivity index is 5.37. The van der Waals surface area contributed by atoms with Gasteiger partial charge in [-0.3, -0.25) is 24.0 Å². The van der Waals surface area contributed by atoms with Crippen molar-refractivity contribution in [3.63, 3.8) is 0 Å². The van der Waals surface area contributed by atoms with Gasteiger partial charge in [-0.2, -0.15) is 25.3 Å². The SMILES string of the molecule is CCC(C)C(N)C(=O)NC(CS)C(=O)NC(C(=O)NC(CS)C(=O)NC(CCC(=O)O)C(=O)O)C(C)O. The summed E-state index contributed by atoms with van der Waals surface area (Å²) in [4.78, 5) is 72.4. The number of nitrogens with one attached hydrogen (secondary N) is 4. The van der Waals surface area contributed by atoms with Crippen LogP contribution in [0.2, 0.25) is 0 Å². The average molecular weight is 568 g/mol. The second-order valence-electron chi connectivity index (χ2n) is 8.46. The highest BCUT2D eigenvalue weighted by Gasteiger charge is 2.33. The monoisotopic (exact) mass is 567 g/mol. The Morgan fingerprint density at radius 3 is 1.65 bits per heavy atom. The molecule has 0 rings (SSSR count). The van der Waals surface area contributed by atoms with Crippen LogP contribution in [0.15, 0.2) is 0 Å². The number of hydrogen-bond donors (Lipinski definition) is 10. The molecule has 9 N–H and O–H groups in total. The van der Waals surface area contributed by atoms with Gasteiger partial charge in [0.25, 0.3) is 0 Å². The van der Waals surface area contributed by atoms with Gasteiger partial charge in [0.05, 0.1) is 12.1 Å². The molecule has 7 atom stereocenters. The fraction of sp³-hybridized carbons (Fsp3) is 0.714. The lowest BCUT2D eigenvalue weighted by Crippen LogP contribution is -2.61. The molecule has 0 aromatic carbocycles. The summed E-state index contributed by atoms with van der Waals surface area (Å²) in [7, 11) is 0. The van der Waals surface area contributed by atoms with Crippen LogP contribution in [0.3, 0.4) is 0 Å². The lowest BCUT2D eigenvalue weighted by molar-refractivity contribution is -0.143. The lowest BCUT2D eigenvalue weighted by atomic mass is 9.99. The summed E-state index contributed by atoms with van der Waals surface area (Å²) in [6.45, 7) is 4.83. The molecule has 0 fully saturated rings. The number of carbonyl (C=O) groups is 6. The number of thiol groups is 2. The number of aliphatic carboxylic acids is 2. The number of amides is 4. The van der Waals surface area contributed by atoms with Crippen molar-refractivity contribution in [1.29, 1.82) is 0 Å². The van der Waals surface area contributed by atoms with Crippen molar-refractivity contribution in [3.05, 3.63) is 0 Å². The van der Waals surface area contributed by atoms with Gasteiger partial charge in [-0.25, -0.2) is 4.79 Å². The minimum absolute atomic E-state index is 0.145. The summed E-state index contributed by atoms with van der Waals surface area (Å²) < 4.78 is 0. The van der Waals surface area contributed by atoms with Gasteiger partial charge in [-0.05, 0) is 19.3 Å². The zero-order chi connectivity index (χ0) is 28.9. The van der Waals surface area contributed by atoms with E-state index in [2.05, 4.69) is 46.5 Å². The number of carboxylic acids is 2.